The molecule has 1 aromatic heterocycles. The van der Waals surface area contributed by atoms with E-state index in [1.165, 1.54) is 16.9 Å². The van der Waals surface area contributed by atoms with Crippen LogP contribution in [0.3, 0.4) is 0 Å². The van der Waals surface area contributed by atoms with Gasteiger partial charge in [0.25, 0.3) is 0 Å². The van der Waals surface area contributed by atoms with Crippen LogP contribution in [0.1, 0.15) is 20.3 Å². The second-order valence-corrected chi connectivity index (χ2v) is 5.57. The Balaban J connectivity index is 1.99. The molecule has 0 aliphatic heterocycles. The van der Waals surface area contributed by atoms with Gasteiger partial charge in [-0.05, 0) is 36.0 Å². The maximum Gasteiger partial charge on any atom is 0.117 e. The normalized spacial score (nSPS) is 13.2. The standard InChI is InChI=1S/C13H19N3S/c1-9(2)7-10(14)8-15-13-11-5-3-4-6-12(11)16-17-13/h3-6,9-10,15H,7-8,14H2,1-2H3. The smallest absolute Gasteiger partial charge is 0.117 e. The largest absolute Gasteiger partial charge is 0.374 e. The Morgan fingerprint density at radius 2 is 2.12 bits per heavy atom. The molecule has 0 saturated carbocycles. The van der Waals surface area contributed by atoms with Crippen LogP contribution in [0.5, 0.6) is 0 Å². The first-order chi connectivity index (χ1) is 8.16. The van der Waals surface area contributed by atoms with Crippen molar-refractivity contribution in [3.05, 3.63) is 24.3 Å². The Hall–Kier alpha value is -1.13. The van der Waals surface area contributed by atoms with E-state index in [1.807, 2.05) is 18.2 Å². The lowest BCUT2D eigenvalue weighted by molar-refractivity contribution is 0.508. The van der Waals surface area contributed by atoms with E-state index in [0.29, 0.717) is 5.92 Å². The van der Waals surface area contributed by atoms with E-state index in [9.17, 15) is 0 Å². The molecule has 1 heterocycles. The monoisotopic (exact) mass is 249 g/mol. The van der Waals surface area contributed by atoms with Gasteiger partial charge in [0.05, 0.1) is 5.52 Å². The van der Waals surface area contributed by atoms with E-state index in [0.717, 1.165) is 23.5 Å². The number of aromatic nitrogens is 1. The minimum absolute atomic E-state index is 0.205. The number of benzene rings is 1. The summed E-state index contributed by atoms with van der Waals surface area (Å²) in [6, 6.07) is 8.38. The summed E-state index contributed by atoms with van der Waals surface area (Å²) in [7, 11) is 0. The molecular weight excluding hydrogens is 230 g/mol. The molecule has 2 aromatic rings. The molecule has 4 heteroatoms. The van der Waals surface area contributed by atoms with Crippen molar-refractivity contribution in [2.45, 2.75) is 26.3 Å². The molecule has 92 valence electrons. The molecule has 1 atom stereocenters. The van der Waals surface area contributed by atoms with Gasteiger partial charge in [0.1, 0.15) is 5.00 Å². The van der Waals surface area contributed by atoms with Gasteiger partial charge in [0.2, 0.25) is 0 Å². The van der Waals surface area contributed by atoms with Gasteiger partial charge in [-0.25, -0.2) is 0 Å². The van der Waals surface area contributed by atoms with Crippen LogP contribution in [0.4, 0.5) is 5.00 Å². The van der Waals surface area contributed by atoms with Gasteiger partial charge in [-0.1, -0.05) is 26.0 Å². The Morgan fingerprint density at radius 1 is 1.35 bits per heavy atom. The van der Waals surface area contributed by atoms with Crippen molar-refractivity contribution in [2.75, 3.05) is 11.9 Å². The van der Waals surface area contributed by atoms with E-state index in [1.54, 1.807) is 0 Å². The van der Waals surface area contributed by atoms with Crippen molar-refractivity contribution in [2.24, 2.45) is 11.7 Å². The number of rotatable bonds is 5. The molecule has 3 nitrogen and oxygen atoms in total. The molecule has 0 aliphatic rings. The highest BCUT2D eigenvalue weighted by molar-refractivity contribution is 7.11. The summed E-state index contributed by atoms with van der Waals surface area (Å²) in [5.74, 6) is 0.644. The number of anilines is 1. The third-order valence-electron chi connectivity index (χ3n) is 2.68. The fourth-order valence-corrected chi connectivity index (χ4v) is 2.70. The molecule has 0 radical (unpaired) electrons. The predicted molar refractivity (Wildman–Crippen MR) is 75.5 cm³/mol. The van der Waals surface area contributed by atoms with Gasteiger partial charge in [-0.2, -0.15) is 4.37 Å². The summed E-state index contributed by atoms with van der Waals surface area (Å²) < 4.78 is 4.40. The zero-order chi connectivity index (χ0) is 12.3. The Morgan fingerprint density at radius 3 is 2.88 bits per heavy atom. The average molecular weight is 249 g/mol. The highest BCUT2D eigenvalue weighted by atomic mass is 32.1. The summed E-state index contributed by atoms with van der Waals surface area (Å²) in [5, 5.41) is 5.72. The Bertz CT molecular complexity index is 478. The summed E-state index contributed by atoms with van der Waals surface area (Å²) in [6.07, 6.45) is 1.05. The van der Waals surface area contributed by atoms with E-state index in [4.69, 9.17) is 5.73 Å². The van der Waals surface area contributed by atoms with Gasteiger partial charge in [0.15, 0.2) is 0 Å². The van der Waals surface area contributed by atoms with Crippen LogP contribution in [0.2, 0.25) is 0 Å². The maximum absolute atomic E-state index is 6.06. The number of nitrogens with zero attached hydrogens (tertiary/aromatic N) is 1. The number of nitrogens with two attached hydrogens (primary N) is 1. The summed E-state index contributed by atoms with van der Waals surface area (Å²) in [6.45, 7) is 5.20. The first-order valence-electron chi connectivity index (χ1n) is 6.00. The summed E-state index contributed by atoms with van der Waals surface area (Å²) in [5.41, 5.74) is 7.11. The minimum atomic E-state index is 0.205. The van der Waals surface area contributed by atoms with Crippen molar-refractivity contribution < 1.29 is 0 Å². The van der Waals surface area contributed by atoms with E-state index in [-0.39, 0.29) is 6.04 Å². The van der Waals surface area contributed by atoms with Gasteiger partial charge in [-0.15, -0.1) is 0 Å². The Kier molecular flexibility index (Phi) is 3.97. The van der Waals surface area contributed by atoms with Gasteiger partial charge >= 0.3 is 0 Å². The lowest BCUT2D eigenvalue weighted by atomic mass is 10.0. The molecule has 1 unspecified atom stereocenters. The molecular formula is C13H19N3S. The molecule has 3 N–H and O–H groups in total. The van der Waals surface area contributed by atoms with Crippen LogP contribution < -0.4 is 11.1 Å². The number of hydrogen-bond donors (Lipinski definition) is 2. The zero-order valence-electron chi connectivity index (χ0n) is 10.3. The zero-order valence-corrected chi connectivity index (χ0v) is 11.1. The number of nitrogens with one attached hydrogen (secondary N) is 1. The molecule has 0 saturated heterocycles. The number of fused-ring (bicyclic) bond motifs is 1. The second kappa shape index (κ2) is 5.47. The van der Waals surface area contributed by atoms with Crippen molar-refractivity contribution in [1.82, 2.24) is 4.37 Å². The fourth-order valence-electron chi connectivity index (χ4n) is 1.93. The second-order valence-electron chi connectivity index (χ2n) is 4.80. The molecule has 17 heavy (non-hydrogen) atoms. The molecule has 0 bridgehead atoms. The van der Waals surface area contributed by atoms with Crippen molar-refractivity contribution in [3.63, 3.8) is 0 Å². The summed E-state index contributed by atoms with van der Waals surface area (Å²) in [4.78, 5) is 0. The fraction of sp³-hybridized carbons (Fsp3) is 0.462. The minimum Gasteiger partial charge on any atom is -0.374 e. The third kappa shape index (κ3) is 3.17. The average Bonchev–Trinajstić information content (AvgIpc) is 2.69. The van der Waals surface area contributed by atoms with E-state index < -0.39 is 0 Å². The summed E-state index contributed by atoms with van der Waals surface area (Å²) >= 11 is 1.51. The lowest BCUT2D eigenvalue weighted by Gasteiger charge is -2.14. The predicted octanol–water partition coefficient (Wildman–Crippen LogP) is 3.08. The van der Waals surface area contributed by atoms with Crippen LogP contribution in [-0.2, 0) is 0 Å². The third-order valence-corrected chi connectivity index (χ3v) is 3.52. The SMILES string of the molecule is CC(C)CC(N)CNc1snc2ccccc12. The Labute approximate surface area is 106 Å². The lowest BCUT2D eigenvalue weighted by Crippen LogP contribution is -2.30. The van der Waals surface area contributed by atoms with Crippen molar-refractivity contribution in [1.29, 1.82) is 0 Å². The van der Waals surface area contributed by atoms with E-state index in [2.05, 4.69) is 29.6 Å². The van der Waals surface area contributed by atoms with Crippen LogP contribution in [0, 0.1) is 5.92 Å². The topological polar surface area (TPSA) is 50.9 Å². The van der Waals surface area contributed by atoms with Gasteiger partial charge in [0, 0.05) is 18.0 Å². The molecule has 2 rings (SSSR count). The maximum atomic E-state index is 6.06. The first-order valence-corrected chi connectivity index (χ1v) is 6.78. The highest BCUT2D eigenvalue weighted by Crippen LogP contribution is 2.27. The molecule has 0 fully saturated rings. The van der Waals surface area contributed by atoms with Crippen LogP contribution in [0.25, 0.3) is 10.9 Å². The molecule has 0 amide bonds. The highest BCUT2D eigenvalue weighted by Gasteiger charge is 2.08. The van der Waals surface area contributed by atoms with Crippen LogP contribution in [0.15, 0.2) is 24.3 Å². The molecule has 0 spiro atoms. The van der Waals surface area contributed by atoms with Crippen LogP contribution >= 0.6 is 11.5 Å². The quantitative estimate of drug-likeness (QED) is 0.856. The first kappa shape index (κ1) is 12.3. The van der Waals surface area contributed by atoms with Gasteiger partial charge < -0.3 is 11.1 Å². The number of hydrogen-bond acceptors (Lipinski definition) is 4. The van der Waals surface area contributed by atoms with E-state index >= 15 is 0 Å². The van der Waals surface area contributed by atoms with Crippen molar-refractivity contribution >= 4 is 27.4 Å². The van der Waals surface area contributed by atoms with Crippen molar-refractivity contribution in [3.8, 4) is 0 Å². The van der Waals surface area contributed by atoms with Gasteiger partial charge in [-0.3, -0.25) is 0 Å². The molecule has 1 aromatic carbocycles. The van der Waals surface area contributed by atoms with Crippen LogP contribution in [-0.4, -0.2) is 17.0 Å². The molecule has 0 aliphatic carbocycles.